The third-order valence-electron chi connectivity index (χ3n) is 3.01. The maximum Gasteiger partial charge on any atom is 0.180 e. The van der Waals surface area contributed by atoms with E-state index in [2.05, 4.69) is 30.9 Å². The lowest BCUT2D eigenvalue weighted by atomic mass is 10.2. The van der Waals surface area contributed by atoms with Crippen molar-refractivity contribution in [2.45, 2.75) is 25.7 Å². The topological polar surface area (TPSA) is 64.7 Å². The molecule has 4 nitrogen and oxygen atoms in total. The number of nitrogens with two attached hydrogens (primary N) is 1. The van der Waals surface area contributed by atoms with E-state index < -0.39 is 0 Å². The average molecular weight is 305 g/mol. The Kier molecular flexibility index (Phi) is 2.78. The number of nitrogens with zero attached hydrogens (tertiary/aromatic N) is 3. The van der Waals surface area contributed by atoms with E-state index in [0.29, 0.717) is 17.6 Å². The van der Waals surface area contributed by atoms with Crippen molar-refractivity contribution in [3.05, 3.63) is 34.1 Å². The molecule has 0 aliphatic heterocycles. The van der Waals surface area contributed by atoms with Crippen LogP contribution in [-0.4, -0.2) is 15.0 Å². The van der Waals surface area contributed by atoms with E-state index in [-0.39, 0.29) is 0 Å². The van der Waals surface area contributed by atoms with Gasteiger partial charge in [-0.25, -0.2) is 9.97 Å². The summed E-state index contributed by atoms with van der Waals surface area (Å²) in [6.45, 7) is 2.02. The van der Waals surface area contributed by atoms with Gasteiger partial charge >= 0.3 is 0 Å². The summed E-state index contributed by atoms with van der Waals surface area (Å²) in [7, 11) is 0. The molecule has 0 unspecified atom stereocenters. The molecule has 0 atom stereocenters. The molecule has 2 aromatic heterocycles. The number of aromatic nitrogens is 3. The fraction of sp³-hybridized carbons (Fsp3) is 0.308. The lowest BCUT2D eigenvalue weighted by Gasteiger charge is -2.08. The van der Waals surface area contributed by atoms with Crippen LogP contribution < -0.4 is 5.73 Å². The minimum Gasteiger partial charge on any atom is -0.383 e. The van der Waals surface area contributed by atoms with E-state index in [4.69, 9.17) is 5.73 Å². The van der Waals surface area contributed by atoms with Crippen molar-refractivity contribution in [2.75, 3.05) is 5.73 Å². The fourth-order valence-corrected chi connectivity index (χ4v) is 2.38. The zero-order valence-corrected chi connectivity index (χ0v) is 11.6. The molecule has 1 aliphatic carbocycles. The van der Waals surface area contributed by atoms with Crippen LogP contribution in [0.4, 0.5) is 5.82 Å². The van der Waals surface area contributed by atoms with Gasteiger partial charge in [0.25, 0.3) is 0 Å². The van der Waals surface area contributed by atoms with Gasteiger partial charge in [-0.1, -0.05) is 0 Å². The number of halogens is 1. The summed E-state index contributed by atoms with van der Waals surface area (Å²) in [6, 6.07) is 3.92. The van der Waals surface area contributed by atoms with Crippen molar-refractivity contribution in [3.63, 3.8) is 0 Å². The number of anilines is 1. The highest BCUT2D eigenvalue weighted by atomic mass is 79.9. The zero-order valence-electron chi connectivity index (χ0n) is 10.0. The predicted molar refractivity (Wildman–Crippen MR) is 74.1 cm³/mol. The molecule has 2 heterocycles. The van der Waals surface area contributed by atoms with Crippen molar-refractivity contribution in [3.8, 4) is 11.5 Å². The summed E-state index contributed by atoms with van der Waals surface area (Å²) < 4.78 is 0.835. The second-order valence-corrected chi connectivity index (χ2v) is 5.42. The molecule has 2 aromatic rings. The summed E-state index contributed by atoms with van der Waals surface area (Å²) >= 11 is 3.47. The van der Waals surface area contributed by atoms with Crippen LogP contribution in [-0.2, 0) is 0 Å². The van der Waals surface area contributed by atoms with Crippen LogP contribution in [0.2, 0.25) is 0 Å². The minimum atomic E-state index is 0.491. The highest BCUT2D eigenvalue weighted by molar-refractivity contribution is 9.10. The highest BCUT2D eigenvalue weighted by Crippen LogP contribution is 2.43. The predicted octanol–water partition coefficient (Wildman–Crippen LogP) is 3.07. The van der Waals surface area contributed by atoms with Gasteiger partial charge in [-0.15, -0.1) is 0 Å². The summed E-state index contributed by atoms with van der Waals surface area (Å²) in [6.07, 6.45) is 4.12. The summed E-state index contributed by atoms with van der Waals surface area (Å²) in [5, 5.41) is 0. The lowest BCUT2D eigenvalue weighted by Crippen LogP contribution is -2.03. The Morgan fingerprint density at radius 2 is 2.11 bits per heavy atom. The Morgan fingerprint density at radius 1 is 1.33 bits per heavy atom. The van der Waals surface area contributed by atoms with Crippen LogP contribution in [0.1, 0.15) is 30.0 Å². The quantitative estimate of drug-likeness (QED) is 0.926. The largest absolute Gasteiger partial charge is 0.383 e. The van der Waals surface area contributed by atoms with Gasteiger partial charge in [-0.05, 0) is 53.4 Å². The lowest BCUT2D eigenvalue weighted by molar-refractivity contribution is 0.977. The second-order valence-electron chi connectivity index (χ2n) is 4.62. The highest BCUT2D eigenvalue weighted by Gasteiger charge is 2.29. The molecule has 18 heavy (non-hydrogen) atoms. The molecule has 3 rings (SSSR count). The molecule has 1 aliphatic rings. The Hall–Kier alpha value is -1.49. The number of hydrogen-bond donors (Lipinski definition) is 1. The maximum atomic E-state index is 5.94. The van der Waals surface area contributed by atoms with Gasteiger partial charge in [0.2, 0.25) is 0 Å². The molecular formula is C13H13BrN4. The van der Waals surface area contributed by atoms with Crippen LogP contribution in [0.5, 0.6) is 0 Å². The fourth-order valence-electron chi connectivity index (χ4n) is 1.88. The molecule has 0 bridgehead atoms. The van der Waals surface area contributed by atoms with Crippen LogP contribution in [0.3, 0.4) is 0 Å². The summed E-state index contributed by atoms with van der Waals surface area (Å²) in [5.41, 5.74) is 8.86. The van der Waals surface area contributed by atoms with Gasteiger partial charge in [0.15, 0.2) is 5.82 Å². The van der Waals surface area contributed by atoms with E-state index in [1.165, 1.54) is 12.8 Å². The number of hydrogen-bond acceptors (Lipinski definition) is 4. The standard InChI is InChI=1S/C13H13BrN4/c1-7-4-5-16-9(6-7)13-17-11(8-2-3-8)10(14)12(15)18-13/h4-6,8H,2-3H2,1H3,(H2,15,17,18). The van der Waals surface area contributed by atoms with Crippen molar-refractivity contribution in [1.82, 2.24) is 15.0 Å². The van der Waals surface area contributed by atoms with Gasteiger partial charge in [0.1, 0.15) is 11.5 Å². The van der Waals surface area contributed by atoms with E-state index >= 15 is 0 Å². The molecule has 0 spiro atoms. The molecule has 0 aromatic carbocycles. The molecule has 0 saturated heterocycles. The summed E-state index contributed by atoms with van der Waals surface area (Å²) in [4.78, 5) is 13.2. The van der Waals surface area contributed by atoms with E-state index in [0.717, 1.165) is 21.4 Å². The molecule has 1 saturated carbocycles. The Bertz CT molecular complexity index is 608. The minimum absolute atomic E-state index is 0.491. The normalized spacial score (nSPS) is 14.8. The van der Waals surface area contributed by atoms with Crippen LogP contribution in [0, 0.1) is 6.92 Å². The zero-order chi connectivity index (χ0) is 12.7. The molecule has 5 heteroatoms. The number of rotatable bonds is 2. The molecule has 92 valence electrons. The van der Waals surface area contributed by atoms with E-state index in [1.807, 2.05) is 19.1 Å². The van der Waals surface area contributed by atoms with E-state index in [9.17, 15) is 0 Å². The van der Waals surface area contributed by atoms with Gasteiger partial charge in [-0.2, -0.15) is 0 Å². The van der Waals surface area contributed by atoms with Crippen molar-refractivity contribution in [2.24, 2.45) is 0 Å². The van der Waals surface area contributed by atoms with Crippen LogP contribution in [0.15, 0.2) is 22.8 Å². The van der Waals surface area contributed by atoms with Crippen molar-refractivity contribution >= 4 is 21.7 Å². The monoisotopic (exact) mass is 304 g/mol. The smallest absolute Gasteiger partial charge is 0.180 e. The van der Waals surface area contributed by atoms with Crippen LogP contribution >= 0.6 is 15.9 Å². The first kappa shape index (κ1) is 11.6. The first-order valence-electron chi connectivity index (χ1n) is 5.91. The molecule has 0 amide bonds. The third-order valence-corrected chi connectivity index (χ3v) is 3.82. The van der Waals surface area contributed by atoms with Crippen LogP contribution in [0.25, 0.3) is 11.5 Å². The van der Waals surface area contributed by atoms with Gasteiger partial charge in [0.05, 0.1) is 10.2 Å². The third kappa shape index (κ3) is 2.10. The number of aryl methyl sites for hydroxylation is 1. The molecule has 2 N–H and O–H groups in total. The SMILES string of the molecule is Cc1ccnc(-c2nc(N)c(Br)c(C3CC3)n2)c1. The first-order valence-corrected chi connectivity index (χ1v) is 6.70. The molecular weight excluding hydrogens is 292 g/mol. The van der Waals surface area contributed by atoms with Crippen molar-refractivity contribution in [1.29, 1.82) is 0 Å². The molecule has 0 radical (unpaired) electrons. The molecule has 1 fully saturated rings. The first-order chi connectivity index (χ1) is 8.65. The maximum absolute atomic E-state index is 5.94. The second kappa shape index (κ2) is 4.31. The Labute approximate surface area is 114 Å². The van der Waals surface area contributed by atoms with Gasteiger partial charge in [-0.3, -0.25) is 4.98 Å². The average Bonchev–Trinajstić information content (AvgIpc) is 3.16. The van der Waals surface area contributed by atoms with E-state index in [1.54, 1.807) is 6.20 Å². The van der Waals surface area contributed by atoms with Gasteiger partial charge < -0.3 is 5.73 Å². The number of nitrogen functional groups attached to an aromatic ring is 1. The van der Waals surface area contributed by atoms with Crippen molar-refractivity contribution < 1.29 is 0 Å². The number of pyridine rings is 1. The van der Waals surface area contributed by atoms with Gasteiger partial charge in [0, 0.05) is 12.1 Å². The summed E-state index contributed by atoms with van der Waals surface area (Å²) in [5.74, 6) is 1.62. The Balaban J connectivity index is 2.12. The Morgan fingerprint density at radius 3 is 2.78 bits per heavy atom.